The second kappa shape index (κ2) is 11.4. The summed E-state index contributed by atoms with van der Waals surface area (Å²) in [5.74, 6) is 1.04. The number of nitrogens with zero attached hydrogens (tertiary/aromatic N) is 1. The molecule has 0 heterocycles. The molecule has 0 amide bonds. The van der Waals surface area contributed by atoms with E-state index in [0.717, 1.165) is 16.8 Å². The molecule has 8 heteroatoms. The van der Waals surface area contributed by atoms with Crippen molar-refractivity contribution in [3.05, 3.63) is 58.1 Å². The lowest BCUT2D eigenvalue weighted by molar-refractivity contribution is 0.207. The molecule has 2 aromatic carbocycles. The number of hydrogen-bond donors (Lipinski definition) is 2. The van der Waals surface area contributed by atoms with Gasteiger partial charge in [-0.15, -0.1) is 0 Å². The van der Waals surface area contributed by atoms with Crippen LogP contribution in [-0.2, 0) is 15.5 Å². The van der Waals surface area contributed by atoms with Gasteiger partial charge in [-0.05, 0) is 39.0 Å². The van der Waals surface area contributed by atoms with Crippen molar-refractivity contribution in [2.45, 2.75) is 26.4 Å². The van der Waals surface area contributed by atoms with Crippen LogP contribution in [0.15, 0.2) is 41.4 Å². The van der Waals surface area contributed by atoms with Crippen LogP contribution in [0, 0.1) is 0 Å². The molecule has 178 valence electrons. The fourth-order valence-electron chi connectivity index (χ4n) is 3.23. The molecule has 0 aliphatic heterocycles. The molecule has 0 fully saturated rings. The zero-order chi connectivity index (χ0) is 24.1. The third-order valence-corrected chi connectivity index (χ3v) is 6.69. The van der Waals surface area contributed by atoms with Crippen molar-refractivity contribution in [2.75, 3.05) is 50.5 Å². The van der Waals surface area contributed by atoms with E-state index in [0.29, 0.717) is 40.7 Å². The summed E-state index contributed by atoms with van der Waals surface area (Å²) in [6.45, 7) is 9.92. The number of halogens is 1. The molecule has 2 rings (SSSR count). The Kier molecular flexibility index (Phi) is 9.48. The van der Waals surface area contributed by atoms with Crippen LogP contribution in [0.2, 0.25) is 0 Å². The predicted octanol–water partition coefficient (Wildman–Crippen LogP) is 6.26. The van der Waals surface area contributed by atoms with Gasteiger partial charge < -0.3 is 20.1 Å². The van der Waals surface area contributed by atoms with Crippen molar-refractivity contribution in [1.82, 2.24) is 0 Å². The Morgan fingerprint density at radius 2 is 1.84 bits per heavy atom. The van der Waals surface area contributed by atoms with Crippen LogP contribution < -0.4 is 15.4 Å². The van der Waals surface area contributed by atoms with Gasteiger partial charge in [0.25, 0.3) is 0 Å². The van der Waals surface area contributed by atoms with Crippen LogP contribution in [0.1, 0.15) is 36.5 Å². The van der Waals surface area contributed by atoms with Crippen molar-refractivity contribution in [3.63, 3.8) is 0 Å². The molecule has 0 saturated carbocycles. The van der Waals surface area contributed by atoms with E-state index < -0.39 is 10.6 Å². The molecule has 32 heavy (non-hydrogen) atoms. The zero-order valence-corrected chi connectivity index (χ0v) is 22.2. The minimum absolute atomic E-state index is 0.204. The average molecular weight is 528 g/mol. The normalized spacial score (nSPS) is 12.2. The van der Waals surface area contributed by atoms with Gasteiger partial charge in [-0.1, -0.05) is 44.7 Å². The number of methoxy groups -OCH3 is 2. The van der Waals surface area contributed by atoms with Crippen LogP contribution in [0.4, 0.5) is 11.4 Å². The van der Waals surface area contributed by atoms with E-state index in [1.165, 1.54) is 5.56 Å². The number of rotatable bonds is 11. The second-order valence-corrected chi connectivity index (χ2v) is 11.5. The number of benzene rings is 2. The predicted molar refractivity (Wildman–Crippen MR) is 141 cm³/mol. The van der Waals surface area contributed by atoms with Gasteiger partial charge in [0.15, 0.2) is 0 Å². The number of ether oxygens (including phenoxy) is 2. The molecule has 0 saturated heterocycles. The highest BCUT2D eigenvalue weighted by Crippen LogP contribution is 2.45. The van der Waals surface area contributed by atoms with Gasteiger partial charge in [0.05, 0.1) is 26.0 Å². The van der Waals surface area contributed by atoms with Crippen LogP contribution in [0.25, 0.3) is 5.70 Å². The van der Waals surface area contributed by atoms with Crippen molar-refractivity contribution in [2.24, 2.45) is 0 Å². The molecule has 0 aromatic heterocycles. The lowest BCUT2D eigenvalue weighted by Gasteiger charge is -2.32. The molecule has 3 N–H and O–H groups in total. The Balaban J connectivity index is 2.51. The van der Waals surface area contributed by atoms with E-state index in [9.17, 15) is 4.55 Å². The number of nitrogens with two attached hydrogens (primary N) is 1. The van der Waals surface area contributed by atoms with E-state index in [1.807, 2.05) is 11.0 Å². The third-order valence-electron chi connectivity index (χ3n) is 5.06. The third kappa shape index (κ3) is 6.65. The minimum Gasteiger partial charge on any atom is -0.494 e. The molecule has 6 nitrogen and oxygen atoms in total. The standard InChI is InChI=1S/C24H35BrN2O4S/c1-16(2)18-8-10-19(11-9-18)17(3)27(12-13-29-4)24-21(30-5)14-20(22(25)23(24)26)15-31-32(6,7)28/h8-11,14,16,28H,3,12-13,15,26H2,1-2,4-7H3. The van der Waals surface area contributed by atoms with Gasteiger partial charge >= 0.3 is 0 Å². The van der Waals surface area contributed by atoms with E-state index in [1.54, 1.807) is 26.7 Å². The molecule has 0 radical (unpaired) electrons. The Bertz CT molecular complexity index is 927. The lowest BCUT2D eigenvalue weighted by Crippen LogP contribution is -2.27. The maximum Gasteiger partial charge on any atom is 0.145 e. The first-order valence-electron chi connectivity index (χ1n) is 10.3. The van der Waals surface area contributed by atoms with Crippen LogP contribution >= 0.6 is 26.5 Å². The molecule has 0 atom stereocenters. The maximum atomic E-state index is 10.0. The summed E-state index contributed by atoms with van der Waals surface area (Å²) in [7, 11) is 1.15. The minimum atomic E-state index is -2.11. The molecule has 0 aliphatic rings. The zero-order valence-electron chi connectivity index (χ0n) is 19.8. The van der Waals surface area contributed by atoms with Crippen molar-refractivity contribution >= 4 is 43.6 Å². The Labute approximate surface area is 202 Å². The quantitative estimate of drug-likeness (QED) is 0.336. The molecule has 0 unspecified atom stereocenters. The molecule has 2 aromatic rings. The molecule has 0 spiro atoms. The highest BCUT2D eigenvalue weighted by Gasteiger charge is 2.24. The second-order valence-electron chi connectivity index (χ2n) is 8.13. The highest BCUT2D eigenvalue weighted by atomic mass is 79.9. The Morgan fingerprint density at radius 3 is 2.34 bits per heavy atom. The first-order chi connectivity index (χ1) is 15.0. The largest absolute Gasteiger partial charge is 0.494 e. The lowest BCUT2D eigenvalue weighted by atomic mass is 10.0. The van der Waals surface area contributed by atoms with Gasteiger partial charge in [-0.3, -0.25) is 8.74 Å². The van der Waals surface area contributed by atoms with E-state index >= 15 is 0 Å². The first kappa shape index (κ1) is 26.5. The smallest absolute Gasteiger partial charge is 0.145 e. The molecular weight excluding hydrogens is 492 g/mol. The van der Waals surface area contributed by atoms with Crippen molar-refractivity contribution < 1.29 is 18.2 Å². The Morgan fingerprint density at radius 1 is 1.22 bits per heavy atom. The Hall–Kier alpha value is -1.71. The summed E-state index contributed by atoms with van der Waals surface area (Å²) in [5.41, 5.74) is 11.6. The van der Waals surface area contributed by atoms with Gasteiger partial charge in [0.1, 0.15) is 11.4 Å². The monoisotopic (exact) mass is 526 g/mol. The van der Waals surface area contributed by atoms with Gasteiger partial charge in [0.2, 0.25) is 0 Å². The molecule has 0 aliphatic carbocycles. The van der Waals surface area contributed by atoms with Crippen LogP contribution in [-0.4, -0.2) is 44.4 Å². The van der Waals surface area contributed by atoms with Gasteiger partial charge in [0, 0.05) is 41.9 Å². The SMILES string of the molecule is C=C(c1ccc(C(C)C)cc1)N(CCOC)c1c(OC)cc(COS(C)(C)O)c(Br)c1N. The highest BCUT2D eigenvalue weighted by molar-refractivity contribution is 9.10. The van der Waals surface area contributed by atoms with Gasteiger partial charge in [-0.25, -0.2) is 0 Å². The fraction of sp³-hybridized carbons (Fsp3) is 0.417. The van der Waals surface area contributed by atoms with E-state index in [4.69, 9.17) is 19.4 Å². The molecular formula is C24H35BrN2O4S. The topological polar surface area (TPSA) is 77.2 Å². The van der Waals surface area contributed by atoms with E-state index in [-0.39, 0.29) is 6.61 Å². The summed E-state index contributed by atoms with van der Waals surface area (Å²) in [5, 5.41) is 0. The number of anilines is 2. The summed E-state index contributed by atoms with van der Waals surface area (Å²) in [4.78, 5) is 2.01. The van der Waals surface area contributed by atoms with Crippen LogP contribution in [0.5, 0.6) is 5.75 Å². The fourth-order valence-corrected chi connectivity index (χ4v) is 4.06. The van der Waals surface area contributed by atoms with Crippen LogP contribution in [0.3, 0.4) is 0 Å². The molecule has 0 bridgehead atoms. The summed E-state index contributed by atoms with van der Waals surface area (Å²) >= 11 is 3.61. The number of nitrogen functional groups attached to an aromatic ring is 1. The van der Waals surface area contributed by atoms with Crippen molar-refractivity contribution in [3.8, 4) is 5.75 Å². The maximum absolute atomic E-state index is 10.0. The average Bonchev–Trinajstić information content (AvgIpc) is 2.75. The van der Waals surface area contributed by atoms with Crippen molar-refractivity contribution in [1.29, 1.82) is 0 Å². The van der Waals surface area contributed by atoms with E-state index in [2.05, 4.69) is 60.6 Å². The summed E-state index contributed by atoms with van der Waals surface area (Å²) in [6, 6.07) is 10.3. The van der Waals surface area contributed by atoms with Gasteiger partial charge in [-0.2, -0.15) is 10.6 Å². The number of hydrogen-bond acceptors (Lipinski definition) is 6. The summed E-state index contributed by atoms with van der Waals surface area (Å²) < 4.78 is 27.4. The summed E-state index contributed by atoms with van der Waals surface area (Å²) in [6.07, 6.45) is 3.33. The first-order valence-corrected chi connectivity index (χ1v) is 13.4.